The predicted octanol–water partition coefficient (Wildman–Crippen LogP) is 0.528. The Morgan fingerprint density at radius 2 is 2.11 bits per heavy atom. The van der Waals surface area contributed by atoms with Crippen LogP contribution in [0.4, 0.5) is 0 Å². The van der Waals surface area contributed by atoms with Gasteiger partial charge >= 0.3 is 5.97 Å². The number of rotatable bonds is 4. The van der Waals surface area contributed by atoms with Crippen LogP contribution in [0, 0.1) is 0 Å². The zero-order valence-electron chi connectivity index (χ0n) is 9.25. The molecule has 7 heteroatoms. The summed E-state index contributed by atoms with van der Waals surface area (Å²) in [5, 5.41) is 11.2. The second-order valence-electron chi connectivity index (χ2n) is 3.61. The summed E-state index contributed by atoms with van der Waals surface area (Å²) in [4.78, 5) is 22.6. The first-order chi connectivity index (χ1) is 8.61. The van der Waals surface area contributed by atoms with Gasteiger partial charge in [0.1, 0.15) is 6.04 Å². The third kappa shape index (κ3) is 2.51. The molecule has 1 atom stereocenters. The highest BCUT2D eigenvalue weighted by Gasteiger charge is 2.21. The Balaban J connectivity index is 2.12. The van der Waals surface area contributed by atoms with Crippen molar-refractivity contribution in [1.29, 1.82) is 0 Å². The quantitative estimate of drug-likeness (QED) is 0.694. The van der Waals surface area contributed by atoms with Crippen LogP contribution in [-0.4, -0.2) is 35.6 Å². The Morgan fingerprint density at radius 3 is 2.78 bits per heavy atom. The van der Waals surface area contributed by atoms with E-state index in [0.29, 0.717) is 17.1 Å². The van der Waals surface area contributed by atoms with Crippen molar-refractivity contribution in [3.05, 3.63) is 23.8 Å². The molecule has 0 saturated heterocycles. The number of carbonyl (C=O) groups is 2. The molecule has 1 amide bonds. The van der Waals surface area contributed by atoms with Gasteiger partial charge in [-0.2, -0.15) is 12.6 Å². The fourth-order valence-corrected chi connectivity index (χ4v) is 1.71. The number of carboxylic acids is 1. The van der Waals surface area contributed by atoms with Crippen molar-refractivity contribution in [3.63, 3.8) is 0 Å². The van der Waals surface area contributed by atoms with Gasteiger partial charge in [-0.1, -0.05) is 0 Å². The monoisotopic (exact) mass is 269 g/mol. The Hall–Kier alpha value is -1.89. The van der Waals surface area contributed by atoms with Crippen molar-refractivity contribution in [2.75, 3.05) is 12.5 Å². The normalized spacial score (nSPS) is 14.1. The molecule has 0 fully saturated rings. The number of fused-ring (bicyclic) bond motifs is 1. The van der Waals surface area contributed by atoms with E-state index in [4.69, 9.17) is 14.6 Å². The van der Waals surface area contributed by atoms with Crippen LogP contribution in [0.5, 0.6) is 11.5 Å². The first-order valence-electron chi connectivity index (χ1n) is 5.16. The van der Waals surface area contributed by atoms with Crippen LogP contribution < -0.4 is 14.8 Å². The average Bonchev–Trinajstić information content (AvgIpc) is 2.82. The minimum Gasteiger partial charge on any atom is -0.480 e. The van der Waals surface area contributed by atoms with Gasteiger partial charge < -0.3 is 19.9 Å². The molecule has 0 spiro atoms. The van der Waals surface area contributed by atoms with Gasteiger partial charge in [-0.15, -0.1) is 0 Å². The lowest BCUT2D eigenvalue weighted by Gasteiger charge is -2.11. The lowest BCUT2D eigenvalue weighted by Crippen LogP contribution is -2.42. The second kappa shape index (κ2) is 5.18. The van der Waals surface area contributed by atoms with E-state index < -0.39 is 17.9 Å². The molecule has 1 aliphatic heterocycles. The van der Waals surface area contributed by atoms with E-state index in [2.05, 4.69) is 17.9 Å². The maximum Gasteiger partial charge on any atom is 0.327 e. The minimum absolute atomic E-state index is 0.0195. The van der Waals surface area contributed by atoms with E-state index in [-0.39, 0.29) is 12.5 Å². The highest BCUT2D eigenvalue weighted by atomic mass is 32.1. The number of hydrogen-bond donors (Lipinski definition) is 3. The minimum atomic E-state index is -1.13. The number of hydrogen-bond acceptors (Lipinski definition) is 5. The van der Waals surface area contributed by atoms with E-state index in [1.54, 1.807) is 12.1 Å². The summed E-state index contributed by atoms with van der Waals surface area (Å²) >= 11 is 3.87. The van der Waals surface area contributed by atoms with Crippen LogP contribution >= 0.6 is 12.6 Å². The Bertz CT molecular complexity index is 490. The number of carbonyl (C=O) groups excluding carboxylic acids is 1. The molecule has 0 saturated carbocycles. The van der Waals surface area contributed by atoms with Crippen molar-refractivity contribution in [2.45, 2.75) is 6.04 Å². The molecule has 0 radical (unpaired) electrons. The second-order valence-corrected chi connectivity index (χ2v) is 3.98. The van der Waals surface area contributed by atoms with Gasteiger partial charge in [0.25, 0.3) is 5.91 Å². The molecule has 0 aliphatic carbocycles. The summed E-state index contributed by atoms with van der Waals surface area (Å²) in [5.74, 6) is -0.559. The molecule has 6 nitrogen and oxygen atoms in total. The van der Waals surface area contributed by atoms with Crippen LogP contribution in [0.2, 0.25) is 0 Å². The number of benzene rings is 1. The SMILES string of the molecule is O=C(NC(CS)C(=O)O)c1ccc2c(c1)OCO2. The summed E-state index contributed by atoms with van der Waals surface area (Å²) in [6.07, 6.45) is 0. The Kier molecular flexibility index (Phi) is 3.61. The highest BCUT2D eigenvalue weighted by Crippen LogP contribution is 2.32. The molecule has 1 aromatic carbocycles. The van der Waals surface area contributed by atoms with Gasteiger partial charge in [-0.05, 0) is 18.2 Å². The van der Waals surface area contributed by atoms with Crippen molar-refractivity contribution < 1.29 is 24.2 Å². The van der Waals surface area contributed by atoms with Crippen molar-refractivity contribution in [1.82, 2.24) is 5.32 Å². The first kappa shape index (κ1) is 12.6. The molecule has 1 aromatic rings. The number of nitrogens with one attached hydrogen (secondary N) is 1. The fourth-order valence-electron chi connectivity index (χ4n) is 1.46. The first-order valence-corrected chi connectivity index (χ1v) is 5.79. The van der Waals surface area contributed by atoms with Crippen molar-refractivity contribution in [3.8, 4) is 11.5 Å². The van der Waals surface area contributed by atoms with E-state index >= 15 is 0 Å². The van der Waals surface area contributed by atoms with Gasteiger partial charge in [0, 0.05) is 11.3 Å². The summed E-state index contributed by atoms with van der Waals surface area (Å²) in [7, 11) is 0. The summed E-state index contributed by atoms with van der Waals surface area (Å²) in [5.41, 5.74) is 0.312. The molecular weight excluding hydrogens is 258 g/mol. The van der Waals surface area contributed by atoms with Gasteiger partial charge in [0.2, 0.25) is 6.79 Å². The maximum atomic E-state index is 11.8. The molecular formula is C11H11NO5S. The summed E-state index contributed by atoms with van der Waals surface area (Å²) in [6, 6.07) is 3.63. The van der Waals surface area contributed by atoms with E-state index in [0.717, 1.165) is 0 Å². The lowest BCUT2D eigenvalue weighted by atomic mass is 10.2. The molecule has 0 bridgehead atoms. The largest absolute Gasteiger partial charge is 0.480 e. The van der Waals surface area contributed by atoms with Gasteiger partial charge in [0.15, 0.2) is 11.5 Å². The fraction of sp³-hybridized carbons (Fsp3) is 0.273. The standard InChI is InChI=1S/C11H11NO5S/c13-10(12-7(4-18)11(14)15)6-1-2-8-9(3-6)17-5-16-8/h1-3,7,18H,4-5H2,(H,12,13)(H,14,15). The molecule has 1 unspecified atom stereocenters. The van der Waals surface area contributed by atoms with Gasteiger partial charge in [-0.25, -0.2) is 4.79 Å². The molecule has 2 N–H and O–H groups in total. The third-order valence-electron chi connectivity index (χ3n) is 2.42. The average molecular weight is 269 g/mol. The third-order valence-corrected chi connectivity index (χ3v) is 2.79. The molecule has 1 heterocycles. The van der Waals surface area contributed by atoms with Crippen LogP contribution in [-0.2, 0) is 4.79 Å². The zero-order valence-corrected chi connectivity index (χ0v) is 10.1. The number of carboxylic acid groups (broad SMARTS) is 1. The Morgan fingerprint density at radius 1 is 1.39 bits per heavy atom. The van der Waals surface area contributed by atoms with Crippen molar-refractivity contribution in [2.24, 2.45) is 0 Å². The molecule has 96 valence electrons. The molecule has 18 heavy (non-hydrogen) atoms. The number of aliphatic carboxylic acids is 1. The van der Waals surface area contributed by atoms with E-state index in [1.165, 1.54) is 6.07 Å². The number of thiol groups is 1. The molecule has 0 aromatic heterocycles. The number of ether oxygens (including phenoxy) is 2. The Labute approximate surface area is 108 Å². The van der Waals surface area contributed by atoms with Gasteiger partial charge in [-0.3, -0.25) is 4.79 Å². The van der Waals surface area contributed by atoms with E-state index in [9.17, 15) is 9.59 Å². The van der Waals surface area contributed by atoms with Crippen LogP contribution in [0.3, 0.4) is 0 Å². The van der Waals surface area contributed by atoms with Crippen molar-refractivity contribution >= 4 is 24.5 Å². The number of amides is 1. The molecule has 1 aliphatic rings. The topological polar surface area (TPSA) is 84.9 Å². The van der Waals surface area contributed by atoms with Crippen LogP contribution in [0.25, 0.3) is 0 Å². The molecule has 2 rings (SSSR count). The predicted molar refractivity (Wildman–Crippen MR) is 65.3 cm³/mol. The van der Waals surface area contributed by atoms with Crippen LogP contribution in [0.1, 0.15) is 10.4 Å². The highest BCUT2D eigenvalue weighted by molar-refractivity contribution is 7.80. The smallest absolute Gasteiger partial charge is 0.327 e. The maximum absolute atomic E-state index is 11.8. The zero-order chi connectivity index (χ0) is 13.1. The van der Waals surface area contributed by atoms with Gasteiger partial charge in [0.05, 0.1) is 0 Å². The summed E-state index contributed by atoms with van der Waals surface area (Å²) in [6.45, 7) is 0.120. The summed E-state index contributed by atoms with van der Waals surface area (Å²) < 4.78 is 10.2. The van der Waals surface area contributed by atoms with Crippen LogP contribution in [0.15, 0.2) is 18.2 Å². The van der Waals surface area contributed by atoms with E-state index in [1.807, 2.05) is 0 Å². The lowest BCUT2D eigenvalue weighted by molar-refractivity contribution is -0.138.